The zero-order valence-corrected chi connectivity index (χ0v) is 12.9. The second-order valence-electron chi connectivity index (χ2n) is 3.94. The van der Waals surface area contributed by atoms with Crippen LogP contribution in [0.3, 0.4) is 0 Å². The van der Waals surface area contributed by atoms with E-state index >= 15 is 0 Å². The van der Waals surface area contributed by atoms with Crippen molar-refractivity contribution in [1.82, 2.24) is 15.1 Å². The highest BCUT2D eigenvalue weighted by atomic mass is 79.9. The number of hydrogen-bond donors (Lipinski definition) is 0. The third kappa shape index (κ3) is 2.38. The van der Waals surface area contributed by atoms with Crippen molar-refractivity contribution < 1.29 is 18.8 Å². The molecule has 0 fully saturated rings. The monoisotopic (exact) mass is 341 g/mol. The van der Waals surface area contributed by atoms with Gasteiger partial charge in [0, 0.05) is 4.47 Å². The predicted molar refractivity (Wildman–Crippen MR) is 72.6 cm³/mol. The van der Waals surface area contributed by atoms with Gasteiger partial charge in [0.05, 0.1) is 25.5 Å². The third-order valence-electron chi connectivity index (χ3n) is 2.71. The number of esters is 1. The van der Waals surface area contributed by atoms with Gasteiger partial charge in [-0.1, -0.05) is 5.16 Å². The number of methoxy groups -OCH3 is 2. The number of carbonyl (C=O) groups is 1. The number of nitrogens with zero attached hydrogens (tertiary/aromatic N) is 3. The fraction of sp³-hybridized carbons (Fsp3) is 0.333. The van der Waals surface area contributed by atoms with Crippen molar-refractivity contribution in [2.75, 3.05) is 14.2 Å². The molecule has 2 aromatic heterocycles. The number of hydrogen-bond acceptors (Lipinski definition) is 7. The van der Waals surface area contributed by atoms with Gasteiger partial charge in [-0.15, -0.1) is 0 Å². The van der Waals surface area contributed by atoms with Crippen LogP contribution in [0.25, 0.3) is 11.4 Å². The number of ether oxygens (including phenoxy) is 2. The molecule has 2 rings (SSSR count). The minimum atomic E-state index is -0.695. The first-order valence-corrected chi connectivity index (χ1v) is 6.42. The van der Waals surface area contributed by atoms with Gasteiger partial charge in [0.1, 0.15) is 0 Å². The van der Waals surface area contributed by atoms with E-state index in [4.69, 9.17) is 9.26 Å². The SMILES string of the molecule is COC(=O)c1nc(-c2c(OC)nc(C)c(Br)c2C)no1. The lowest BCUT2D eigenvalue weighted by Crippen LogP contribution is -2.02. The van der Waals surface area contributed by atoms with Crippen LogP contribution in [0.4, 0.5) is 0 Å². The van der Waals surface area contributed by atoms with Gasteiger partial charge >= 0.3 is 11.9 Å². The summed E-state index contributed by atoms with van der Waals surface area (Å²) in [5.41, 5.74) is 2.18. The van der Waals surface area contributed by atoms with Crippen molar-refractivity contribution in [3.63, 3.8) is 0 Å². The minimum absolute atomic E-state index is 0.216. The van der Waals surface area contributed by atoms with E-state index < -0.39 is 5.97 Å². The molecule has 0 saturated carbocycles. The van der Waals surface area contributed by atoms with E-state index in [0.29, 0.717) is 11.4 Å². The van der Waals surface area contributed by atoms with Crippen molar-refractivity contribution in [2.24, 2.45) is 0 Å². The van der Waals surface area contributed by atoms with Gasteiger partial charge in [0.2, 0.25) is 11.7 Å². The molecule has 20 heavy (non-hydrogen) atoms. The largest absolute Gasteiger partial charge is 0.480 e. The number of halogens is 1. The zero-order valence-electron chi connectivity index (χ0n) is 11.4. The predicted octanol–water partition coefficient (Wildman–Crippen LogP) is 2.31. The molecule has 0 aliphatic carbocycles. The Kier molecular flexibility index (Phi) is 4.03. The molecular weight excluding hydrogens is 330 g/mol. The number of aromatic nitrogens is 3. The van der Waals surface area contributed by atoms with Crippen LogP contribution in [0.1, 0.15) is 21.9 Å². The van der Waals surface area contributed by atoms with E-state index in [1.54, 1.807) is 0 Å². The highest BCUT2D eigenvalue weighted by molar-refractivity contribution is 9.10. The van der Waals surface area contributed by atoms with Gasteiger partial charge in [0.25, 0.3) is 0 Å². The molecule has 0 aromatic carbocycles. The fourth-order valence-corrected chi connectivity index (χ4v) is 1.99. The Balaban J connectivity index is 2.60. The van der Waals surface area contributed by atoms with Crippen molar-refractivity contribution >= 4 is 21.9 Å². The molecule has 0 N–H and O–H groups in total. The Morgan fingerprint density at radius 3 is 2.55 bits per heavy atom. The van der Waals surface area contributed by atoms with Crippen molar-refractivity contribution in [3.8, 4) is 17.3 Å². The van der Waals surface area contributed by atoms with E-state index in [1.807, 2.05) is 13.8 Å². The lowest BCUT2D eigenvalue weighted by Gasteiger charge is -2.11. The lowest BCUT2D eigenvalue weighted by atomic mass is 10.1. The van der Waals surface area contributed by atoms with Crippen molar-refractivity contribution in [1.29, 1.82) is 0 Å². The van der Waals surface area contributed by atoms with E-state index in [1.165, 1.54) is 14.2 Å². The summed E-state index contributed by atoms with van der Waals surface area (Å²) < 4.78 is 15.4. The maximum atomic E-state index is 11.3. The third-order valence-corrected chi connectivity index (χ3v) is 3.88. The van der Waals surface area contributed by atoms with Crippen molar-refractivity contribution in [2.45, 2.75) is 13.8 Å². The maximum absolute atomic E-state index is 11.3. The number of pyridine rings is 1. The van der Waals surface area contributed by atoms with Crippen LogP contribution in [0.15, 0.2) is 9.00 Å². The summed E-state index contributed by atoms with van der Waals surface area (Å²) in [6.07, 6.45) is 0. The first-order chi connectivity index (χ1) is 9.49. The first-order valence-electron chi connectivity index (χ1n) is 5.62. The average Bonchev–Trinajstić information content (AvgIpc) is 2.92. The molecule has 0 radical (unpaired) electrons. The molecule has 0 saturated heterocycles. The van der Waals surface area contributed by atoms with Gasteiger partial charge in [-0.05, 0) is 35.3 Å². The molecule has 2 heterocycles. The molecule has 8 heteroatoms. The van der Waals surface area contributed by atoms with Crippen LogP contribution in [0.2, 0.25) is 0 Å². The molecule has 106 valence electrons. The summed E-state index contributed by atoms with van der Waals surface area (Å²) >= 11 is 3.44. The second-order valence-corrected chi connectivity index (χ2v) is 4.73. The summed E-state index contributed by atoms with van der Waals surface area (Å²) in [6, 6.07) is 0. The summed E-state index contributed by atoms with van der Waals surface area (Å²) in [6.45, 7) is 3.71. The number of carbonyl (C=O) groups excluding carboxylic acids is 1. The molecule has 0 bridgehead atoms. The molecule has 0 amide bonds. The van der Waals surface area contributed by atoms with Crippen LogP contribution in [0, 0.1) is 13.8 Å². The van der Waals surface area contributed by atoms with Crippen LogP contribution < -0.4 is 4.74 Å². The Morgan fingerprint density at radius 2 is 1.95 bits per heavy atom. The van der Waals surface area contributed by atoms with E-state index in [9.17, 15) is 4.79 Å². The normalized spacial score (nSPS) is 10.4. The Labute approximate surface area is 123 Å². The zero-order chi connectivity index (χ0) is 14.9. The van der Waals surface area contributed by atoms with E-state index in [-0.39, 0.29) is 11.7 Å². The Bertz CT molecular complexity index is 669. The smallest absolute Gasteiger partial charge is 0.397 e. The number of rotatable bonds is 3. The molecule has 0 atom stereocenters. The minimum Gasteiger partial charge on any atom is -0.480 e. The topological polar surface area (TPSA) is 87.3 Å². The molecule has 0 aliphatic rings. The summed E-state index contributed by atoms with van der Waals surface area (Å²) in [5, 5.41) is 3.77. The highest BCUT2D eigenvalue weighted by Crippen LogP contribution is 2.35. The van der Waals surface area contributed by atoms with Crippen LogP contribution in [-0.4, -0.2) is 35.3 Å². The number of aryl methyl sites for hydroxylation is 1. The molecule has 0 aliphatic heterocycles. The standard InChI is InChI=1S/C12H12BrN3O4/c1-5-7(10(18-3)14-6(2)8(5)13)9-15-11(20-16-9)12(17)19-4/h1-4H3. The van der Waals surface area contributed by atoms with Crippen LogP contribution in [-0.2, 0) is 4.74 Å². The molecule has 0 spiro atoms. The van der Waals surface area contributed by atoms with Crippen LogP contribution >= 0.6 is 15.9 Å². The molecule has 7 nitrogen and oxygen atoms in total. The van der Waals surface area contributed by atoms with Crippen molar-refractivity contribution in [3.05, 3.63) is 21.6 Å². The fourth-order valence-electron chi connectivity index (χ4n) is 1.71. The quantitative estimate of drug-likeness (QED) is 0.791. The van der Waals surface area contributed by atoms with Crippen LogP contribution in [0.5, 0.6) is 5.88 Å². The van der Waals surface area contributed by atoms with Gasteiger partial charge in [-0.25, -0.2) is 9.78 Å². The van der Waals surface area contributed by atoms with Gasteiger partial charge in [0.15, 0.2) is 0 Å². The Morgan fingerprint density at radius 1 is 1.25 bits per heavy atom. The maximum Gasteiger partial charge on any atom is 0.397 e. The summed E-state index contributed by atoms with van der Waals surface area (Å²) in [7, 11) is 2.74. The van der Waals surface area contributed by atoms with E-state index in [2.05, 4.69) is 35.8 Å². The summed E-state index contributed by atoms with van der Waals surface area (Å²) in [5.74, 6) is -0.339. The van der Waals surface area contributed by atoms with Gasteiger partial charge in [-0.2, -0.15) is 4.98 Å². The molecule has 2 aromatic rings. The van der Waals surface area contributed by atoms with Gasteiger partial charge < -0.3 is 14.0 Å². The lowest BCUT2D eigenvalue weighted by molar-refractivity contribution is 0.0545. The molecular formula is C12H12BrN3O4. The average molecular weight is 342 g/mol. The van der Waals surface area contributed by atoms with Gasteiger partial charge in [-0.3, -0.25) is 0 Å². The summed E-state index contributed by atoms with van der Waals surface area (Å²) in [4.78, 5) is 19.6. The first kappa shape index (κ1) is 14.4. The second kappa shape index (κ2) is 5.58. The highest BCUT2D eigenvalue weighted by Gasteiger charge is 2.23. The van der Waals surface area contributed by atoms with E-state index in [0.717, 1.165) is 15.7 Å². The molecule has 0 unspecified atom stereocenters. The Hall–Kier alpha value is -1.96.